The number of hydrogen-bond acceptors (Lipinski definition) is 4. The number of rotatable bonds is 10. The Balaban J connectivity index is 2.40. The second kappa shape index (κ2) is 8.56. The zero-order chi connectivity index (χ0) is 15.8. The Labute approximate surface area is 127 Å². The van der Waals surface area contributed by atoms with E-state index in [2.05, 4.69) is 0 Å². The first-order chi connectivity index (χ1) is 9.88. The van der Waals surface area contributed by atoms with Crippen LogP contribution in [0.3, 0.4) is 0 Å². The summed E-state index contributed by atoms with van der Waals surface area (Å²) in [5, 5.41) is 17.2. The molecule has 5 nitrogen and oxygen atoms in total. The number of carboxylic acids is 2. The van der Waals surface area contributed by atoms with Crippen LogP contribution in [0.2, 0.25) is 0 Å². The molecule has 1 aromatic rings. The van der Waals surface area contributed by atoms with E-state index in [9.17, 15) is 14.4 Å². The van der Waals surface area contributed by atoms with Crippen molar-refractivity contribution in [3.63, 3.8) is 0 Å². The maximum Gasteiger partial charge on any atom is 0.303 e. The Morgan fingerprint density at radius 3 is 2.48 bits per heavy atom. The van der Waals surface area contributed by atoms with Crippen LogP contribution in [0.15, 0.2) is 12.1 Å². The molecule has 0 saturated heterocycles. The Morgan fingerprint density at radius 2 is 1.86 bits per heavy atom. The van der Waals surface area contributed by atoms with Crippen molar-refractivity contribution in [1.82, 2.24) is 0 Å². The van der Waals surface area contributed by atoms with Crippen LogP contribution in [0, 0.1) is 5.92 Å². The number of aryl methyl sites for hydroxylation is 1. The fraction of sp³-hybridized carbons (Fsp3) is 0.533. The van der Waals surface area contributed by atoms with E-state index in [0.717, 1.165) is 17.7 Å². The van der Waals surface area contributed by atoms with E-state index in [1.54, 1.807) is 6.07 Å². The molecule has 0 bridgehead atoms. The molecule has 0 aromatic carbocycles. The van der Waals surface area contributed by atoms with E-state index < -0.39 is 11.9 Å². The summed E-state index contributed by atoms with van der Waals surface area (Å²) >= 11 is 1.42. The quantitative estimate of drug-likeness (QED) is 0.647. The number of ketones is 1. The van der Waals surface area contributed by atoms with E-state index in [-0.39, 0.29) is 31.0 Å². The van der Waals surface area contributed by atoms with Gasteiger partial charge < -0.3 is 10.2 Å². The number of carbonyl (C=O) groups excluding carboxylic acids is 1. The molecule has 1 rings (SSSR count). The summed E-state index contributed by atoms with van der Waals surface area (Å²) in [6, 6.07) is 3.66. The van der Waals surface area contributed by atoms with Crippen LogP contribution in [-0.2, 0) is 16.0 Å². The van der Waals surface area contributed by atoms with Gasteiger partial charge in [0.2, 0.25) is 0 Å². The molecular weight excluding hydrogens is 292 g/mol. The molecule has 0 saturated carbocycles. The summed E-state index contributed by atoms with van der Waals surface area (Å²) in [6.45, 7) is 1.90. The molecule has 0 aliphatic heterocycles. The molecule has 0 aliphatic carbocycles. The number of aliphatic carboxylic acids is 2. The normalized spacial score (nSPS) is 12.0. The minimum absolute atomic E-state index is 0.0106. The molecule has 0 aliphatic rings. The van der Waals surface area contributed by atoms with Gasteiger partial charge in [0.05, 0.1) is 4.88 Å². The fourth-order valence-corrected chi connectivity index (χ4v) is 2.96. The third kappa shape index (κ3) is 7.04. The molecule has 0 spiro atoms. The van der Waals surface area contributed by atoms with Crippen molar-refractivity contribution in [3.05, 3.63) is 21.9 Å². The first-order valence-electron chi connectivity index (χ1n) is 6.94. The zero-order valence-electron chi connectivity index (χ0n) is 12.0. The van der Waals surface area contributed by atoms with Gasteiger partial charge in [0.1, 0.15) is 0 Å². The Hall–Kier alpha value is -1.69. The summed E-state index contributed by atoms with van der Waals surface area (Å²) < 4.78 is 0. The Morgan fingerprint density at radius 1 is 1.14 bits per heavy atom. The molecule has 21 heavy (non-hydrogen) atoms. The second-order valence-electron chi connectivity index (χ2n) is 5.18. The van der Waals surface area contributed by atoms with E-state index >= 15 is 0 Å². The van der Waals surface area contributed by atoms with Gasteiger partial charge in [0, 0.05) is 24.1 Å². The van der Waals surface area contributed by atoms with E-state index in [0.29, 0.717) is 11.3 Å². The molecule has 6 heteroatoms. The predicted molar refractivity (Wildman–Crippen MR) is 79.9 cm³/mol. The van der Waals surface area contributed by atoms with E-state index in [4.69, 9.17) is 10.2 Å². The molecule has 1 aromatic heterocycles. The third-order valence-electron chi connectivity index (χ3n) is 3.14. The SMILES string of the molecule is C[C@@H](CCc1ccc(C(=O)CCCC(=O)O)s1)CC(=O)O. The monoisotopic (exact) mass is 312 g/mol. The number of carboxylic acid groups (broad SMARTS) is 2. The van der Waals surface area contributed by atoms with Crippen LogP contribution in [0.4, 0.5) is 0 Å². The maximum atomic E-state index is 11.9. The van der Waals surface area contributed by atoms with Crippen molar-refractivity contribution in [2.24, 2.45) is 5.92 Å². The van der Waals surface area contributed by atoms with Crippen LogP contribution < -0.4 is 0 Å². The Kier molecular flexibility index (Phi) is 7.08. The number of Topliss-reactive ketones (excluding diaryl/α,β-unsaturated/α-hetero) is 1. The van der Waals surface area contributed by atoms with E-state index in [1.165, 1.54) is 11.3 Å². The molecule has 0 unspecified atom stereocenters. The molecule has 116 valence electrons. The van der Waals surface area contributed by atoms with Crippen LogP contribution in [0.5, 0.6) is 0 Å². The topological polar surface area (TPSA) is 91.7 Å². The van der Waals surface area contributed by atoms with Gasteiger partial charge in [-0.2, -0.15) is 0 Å². The molecule has 1 heterocycles. The van der Waals surface area contributed by atoms with Gasteiger partial charge in [-0.25, -0.2) is 0 Å². The van der Waals surface area contributed by atoms with Crippen molar-refractivity contribution >= 4 is 29.1 Å². The molecule has 1 atom stereocenters. The number of hydrogen-bond donors (Lipinski definition) is 2. The average molecular weight is 312 g/mol. The summed E-state index contributed by atoms with van der Waals surface area (Å²) in [5.41, 5.74) is 0. The summed E-state index contributed by atoms with van der Waals surface area (Å²) in [5.74, 6) is -1.59. The lowest BCUT2D eigenvalue weighted by Gasteiger charge is -2.06. The second-order valence-corrected chi connectivity index (χ2v) is 6.35. The smallest absolute Gasteiger partial charge is 0.303 e. The van der Waals surface area contributed by atoms with Gasteiger partial charge in [0.25, 0.3) is 0 Å². The lowest BCUT2D eigenvalue weighted by atomic mass is 10.0. The van der Waals surface area contributed by atoms with Crippen LogP contribution in [0.1, 0.15) is 53.6 Å². The fourth-order valence-electron chi connectivity index (χ4n) is 1.97. The first-order valence-corrected chi connectivity index (χ1v) is 7.75. The molecular formula is C15H20O5S. The summed E-state index contributed by atoms with van der Waals surface area (Å²) in [6.07, 6.45) is 2.32. The number of thiophene rings is 1. The summed E-state index contributed by atoms with van der Waals surface area (Å²) in [7, 11) is 0. The first kappa shape index (κ1) is 17.4. The van der Waals surface area contributed by atoms with Crippen LogP contribution >= 0.6 is 11.3 Å². The van der Waals surface area contributed by atoms with E-state index in [1.807, 2.05) is 13.0 Å². The highest BCUT2D eigenvalue weighted by Gasteiger charge is 2.12. The zero-order valence-corrected chi connectivity index (χ0v) is 12.8. The molecule has 2 N–H and O–H groups in total. The van der Waals surface area contributed by atoms with Crippen molar-refractivity contribution in [1.29, 1.82) is 0 Å². The average Bonchev–Trinajstić information content (AvgIpc) is 2.83. The lowest BCUT2D eigenvalue weighted by Crippen LogP contribution is -2.04. The molecule has 0 radical (unpaired) electrons. The van der Waals surface area contributed by atoms with Gasteiger partial charge >= 0.3 is 11.9 Å². The van der Waals surface area contributed by atoms with Crippen LogP contribution in [0.25, 0.3) is 0 Å². The number of carbonyl (C=O) groups is 3. The third-order valence-corrected chi connectivity index (χ3v) is 4.32. The van der Waals surface area contributed by atoms with Gasteiger partial charge in [0.15, 0.2) is 5.78 Å². The Bertz CT molecular complexity index is 506. The van der Waals surface area contributed by atoms with Gasteiger partial charge in [-0.15, -0.1) is 11.3 Å². The lowest BCUT2D eigenvalue weighted by molar-refractivity contribution is -0.138. The van der Waals surface area contributed by atoms with Crippen molar-refractivity contribution in [2.75, 3.05) is 0 Å². The van der Waals surface area contributed by atoms with Crippen molar-refractivity contribution in [3.8, 4) is 0 Å². The van der Waals surface area contributed by atoms with Crippen molar-refractivity contribution in [2.45, 2.75) is 45.4 Å². The minimum Gasteiger partial charge on any atom is -0.481 e. The highest BCUT2D eigenvalue weighted by molar-refractivity contribution is 7.14. The van der Waals surface area contributed by atoms with Gasteiger partial charge in [-0.05, 0) is 37.3 Å². The highest BCUT2D eigenvalue weighted by Crippen LogP contribution is 2.22. The summed E-state index contributed by atoms with van der Waals surface area (Å²) in [4.78, 5) is 34.6. The van der Waals surface area contributed by atoms with Crippen molar-refractivity contribution < 1.29 is 24.6 Å². The predicted octanol–water partition coefficient (Wildman–Crippen LogP) is 3.23. The van der Waals surface area contributed by atoms with Gasteiger partial charge in [-0.1, -0.05) is 6.92 Å². The molecule has 0 fully saturated rings. The minimum atomic E-state index is -0.887. The van der Waals surface area contributed by atoms with Crippen LogP contribution in [-0.4, -0.2) is 27.9 Å². The standard InChI is InChI=1S/C15H20O5S/c1-10(9-15(19)20)5-6-11-7-8-13(21-11)12(16)3-2-4-14(17)18/h7-8,10H,2-6,9H2,1H3,(H,17,18)(H,19,20)/t10-/m0/s1. The largest absolute Gasteiger partial charge is 0.481 e. The van der Waals surface area contributed by atoms with Gasteiger partial charge in [-0.3, -0.25) is 14.4 Å². The maximum absolute atomic E-state index is 11.9. The molecule has 0 amide bonds. The highest BCUT2D eigenvalue weighted by atomic mass is 32.1.